The fraction of sp³-hybridized carbons (Fsp3) is 0.355. The van der Waals surface area contributed by atoms with Crippen LogP contribution in [0.3, 0.4) is 0 Å². The van der Waals surface area contributed by atoms with E-state index in [0.29, 0.717) is 10.7 Å². The van der Waals surface area contributed by atoms with Gasteiger partial charge in [-0.15, -0.1) is 0 Å². The van der Waals surface area contributed by atoms with Gasteiger partial charge in [-0.2, -0.15) is 0 Å². The molecule has 0 fully saturated rings. The van der Waals surface area contributed by atoms with Crippen LogP contribution in [0.25, 0.3) is 0 Å². The van der Waals surface area contributed by atoms with E-state index >= 15 is 0 Å². The van der Waals surface area contributed by atoms with Crippen LogP contribution in [0, 0.1) is 20.8 Å². The van der Waals surface area contributed by atoms with Gasteiger partial charge in [0.15, 0.2) is 0 Å². The first kappa shape index (κ1) is 31.2. The van der Waals surface area contributed by atoms with Crippen LogP contribution in [0.15, 0.2) is 71.6 Å². The first-order valence-corrected chi connectivity index (χ1v) is 14.9. The zero-order valence-electron chi connectivity index (χ0n) is 24.2. The Hall–Kier alpha value is -3.36. The topological polar surface area (TPSA) is 86.8 Å². The number of halogens is 1. The lowest BCUT2D eigenvalue weighted by molar-refractivity contribution is -0.140. The number of amides is 2. The first-order valence-electron chi connectivity index (χ1n) is 13.1. The summed E-state index contributed by atoms with van der Waals surface area (Å²) in [6.45, 7) is 12.7. The van der Waals surface area contributed by atoms with Gasteiger partial charge in [-0.1, -0.05) is 41.9 Å². The summed E-state index contributed by atoms with van der Waals surface area (Å²) in [5.41, 5.74) is 3.55. The van der Waals surface area contributed by atoms with Gasteiger partial charge in [-0.25, -0.2) is 8.42 Å². The molecule has 214 valence electrons. The highest BCUT2D eigenvalue weighted by Gasteiger charge is 2.33. The van der Waals surface area contributed by atoms with Crippen molar-refractivity contribution in [1.82, 2.24) is 10.2 Å². The van der Waals surface area contributed by atoms with Crippen LogP contribution in [-0.2, 0) is 26.2 Å². The number of benzene rings is 3. The van der Waals surface area contributed by atoms with Gasteiger partial charge >= 0.3 is 0 Å². The Bertz CT molecular complexity index is 1480. The van der Waals surface area contributed by atoms with Crippen LogP contribution in [0.2, 0.25) is 5.02 Å². The van der Waals surface area contributed by atoms with E-state index in [9.17, 15) is 18.0 Å². The molecule has 0 saturated heterocycles. The van der Waals surface area contributed by atoms with Crippen LogP contribution in [0.1, 0.15) is 49.9 Å². The van der Waals surface area contributed by atoms with Crippen molar-refractivity contribution in [3.63, 3.8) is 0 Å². The van der Waals surface area contributed by atoms with E-state index < -0.39 is 34.1 Å². The van der Waals surface area contributed by atoms with E-state index in [1.54, 1.807) is 19.1 Å². The Morgan fingerprint density at radius 3 is 2.10 bits per heavy atom. The largest absolute Gasteiger partial charge is 0.350 e. The van der Waals surface area contributed by atoms with Gasteiger partial charge in [0.1, 0.15) is 12.6 Å². The van der Waals surface area contributed by atoms with E-state index in [2.05, 4.69) is 5.32 Å². The van der Waals surface area contributed by atoms with Crippen molar-refractivity contribution in [3.05, 3.63) is 94.0 Å². The molecule has 7 nitrogen and oxygen atoms in total. The highest BCUT2D eigenvalue weighted by atomic mass is 35.5. The summed E-state index contributed by atoms with van der Waals surface area (Å²) >= 11 is 6.02. The summed E-state index contributed by atoms with van der Waals surface area (Å²) in [5, 5.41) is 3.34. The maximum atomic E-state index is 14.1. The average molecular weight is 584 g/mol. The van der Waals surface area contributed by atoms with Gasteiger partial charge in [0, 0.05) is 17.1 Å². The van der Waals surface area contributed by atoms with Crippen molar-refractivity contribution in [1.29, 1.82) is 0 Å². The Balaban J connectivity index is 2.08. The minimum Gasteiger partial charge on any atom is -0.350 e. The van der Waals surface area contributed by atoms with Crippen LogP contribution in [0.5, 0.6) is 0 Å². The molecule has 0 unspecified atom stereocenters. The fourth-order valence-corrected chi connectivity index (χ4v) is 5.70. The summed E-state index contributed by atoms with van der Waals surface area (Å²) < 4.78 is 29.0. The average Bonchev–Trinajstić information content (AvgIpc) is 2.87. The van der Waals surface area contributed by atoms with E-state index in [1.165, 1.54) is 29.2 Å². The first-order chi connectivity index (χ1) is 18.6. The fourth-order valence-electron chi connectivity index (χ4n) is 4.17. The minimum absolute atomic E-state index is 0.00639. The molecule has 3 aromatic carbocycles. The Labute approximate surface area is 243 Å². The Morgan fingerprint density at radius 1 is 0.900 bits per heavy atom. The van der Waals surface area contributed by atoms with Gasteiger partial charge < -0.3 is 10.2 Å². The summed E-state index contributed by atoms with van der Waals surface area (Å²) in [4.78, 5) is 28.7. The summed E-state index contributed by atoms with van der Waals surface area (Å²) in [7, 11) is -4.16. The second kappa shape index (κ2) is 12.4. The van der Waals surface area contributed by atoms with Gasteiger partial charge in [-0.05, 0) is 107 Å². The van der Waals surface area contributed by atoms with E-state index in [4.69, 9.17) is 11.6 Å². The summed E-state index contributed by atoms with van der Waals surface area (Å²) in [6.07, 6.45) is 0. The summed E-state index contributed by atoms with van der Waals surface area (Å²) in [6, 6.07) is 17.8. The number of sulfonamides is 1. The maximum Gasteiger partial charge on any atom is 0.264 e. The van der Waals surface area contributed by atoms with Crippen molar-refractivity contribution in [2.45, 2.75) is 71.5 Å². The molecule has 0 aromatic heterocycles. The second-order valence-corrected chi connectivity index (χ2v) is 13.4. The van der Waals surface area contributed by atoms with Gasteiger partial charge in [0.05, 0.1) is 10.6 Å². The molecule has 40 heavy (non-hydrogen) atoms. The number of rotatable bonds is 9. The molecule has 0 bridgehead atoms. The standard InChI is InChI=1S/C31H38ClN3O4S/c1-21-12-15-27(18-23(21)3)35(40(38,39)28-16-13-26(32)14-17-28)20-29(36)34(19-25-11-9-8-10-22(25)2)24(4)30(37)33-31(5,6)7/h8-18,24H,19-20H2,1-7H3,(H,33,37)/t24-/m1/s1. The molecule has 0 saturated carbocycles. The molecule has 0 aliphatic heterocycles. The van der Waals surface area contributed by atoms with E-state index in [1.807, 2.05) is 71.9 Å². The predicted molar refractivity (Wildman–Crippen MR) is 161 cm³/mol. The van der Waals surface area contributed by atoms with E-state index in [-0.39, 0.29) is 17.3 Å². The summed E-state index contributed by atoms with van der Waals surface area (Å²) in [5.74, 6) is -0.830. The molecular formula is C31H38ClN3O4S. The molecule has 9 heteroatoms. The van der Waals surface area contributed by atoms with Crippen LogP contribution in [0.4, 0.5) is 5.69 Å². The quantitative estimate of drug-likeness (QED) is 0.345. The van der Waals surface area contributed by atoms with Crippen molar-refractivity contribution in [2.24, 2.45) is 0 Å². The molecule has 3 aromatic rings. The third-order valence-electron chi connectivity index (χ3n) is 6.73. The van der Waals surface area contributed by atoms with Gasteiger partial charge in [-0.3, -0.25) is 13.9 Å². The zero-order valence-corrected chi connectivity index (χ0v) is 25.7. The lowest BCUT2D eigenvalue weighted by Gasteiger charge is -2.34. The van der Waals surface area contributed by atoms with Crippen molar-refractivity contribution >= 4 is 39.1 Å². The normalized spacial score (nSPS) is 12.5. The highest BCUT2D eigenvalue weighted by Crippen LogP contribution is 2.27. The predicted octanol–water partition coefficient (Wildman–Crippen LogP) is 5.79. The second-order valence-electron chi connectivity index (χ2n) is 11.1. The van der Waals surface area contributed by atoms with Crippen molar-refractivity contribution in [2.75, 3.05) is 10.8 Å². The molecule has 2 amide bonds. The zero-order chi connectivity index (χ0) is 29.8. The van der Waals surface area contributed by atoms with Crippen molar-refractivity contribution in [3.8, 4) is 0 Å². The Morgan fingerprint density at radius 2 is 1.52 bits per heavy atom. The van der Waals surface area contributed by atoms with E-state index in [0.717, 1.165) is 26.6 Å². The van der Waals surface area contributed by atoms with Gasteiger partial charge in [0.2, 0.25) is 11.8 Å². The molecule has 0 aliphatic rings. The SMILES string of the molecule is Cc1ccc(N(CC(=O)N(Cc2ccccc2C)[C@H](C)C(=O)NC(C)(C)C)S(=O)(=O)c2ccc(Cl)cc2)cc1C. The molecule has 0 spiro atoms. The smallest absolute Gasteiger partial charge is 0.264 e. The number of hydrogen-bond donors (Lipinski definition) is 1. The molecular weight excluding hydrogens is 546 g/mol. The van der Waals surface area contributed by atoms with Crippen LogP contribution >= 0.6 is 11.6 Å². The monoisotopic (exact) mass is 583 g/mol. The number of anilines is 1. The molecule has 0 heterocycles. The molecule has 3 rings (SSSR count). The number of nitrogens with one attached hydrogen (secondary N) is 1. The molecule has 0 aliphatic carbocycles. The minimum atomic E-state index is -4.16. The van der Waals surface area contributed by atoms with Crippen LogP contribution < -0.4 is 9.62 Å². The third kappa shape index (κ3) is 7.64. The number of carbonyl (C=O) groups is 2. The lowest BCUT2D eigenvalue weighted by atomic mass is 10.1. The third-order valence-corrected chi connectivity index (χ3v) is 8.77. The Kier molecular flexibility index (Phi) is 9.69. The maximum absolute atomic E-state index is 14.1. The number of hydrogen-bond acceptors (Lipinski definition) is 4. The molecule has 0 radical (unpaired) electrons. The lowest BCUT2D eigenvalue weighted by Crippen LogP contribution is -2.54. The highest BCUT2D eigenvalue weighted by molar-refractivity contribution is 7.92. The number of nitrogens with zero attached hydrogens (tertiary/aromatic N) is 2. The van der Waals surface area contributed by atoms with Crippen molar-refractivity contribution < 1.29 is 18.0 Å². The molecule has 1 N–H and O–H groups in total. The molecule has 1 atom stereocenters. The number of aryl methyl sites for hydroxylation is 3. The number of carbonyl (C=O) groups excluding carboxylic acids is 2. The van der Waals surface area contributed by atoms with Gasteiger partial charge in [0.25, 0.3) is 10.0 Å². The van der Waals surface area contributed by atoms with Crippen LogP contribution in [-0.4, -0.2) is 43.3 Å².